The van der Waals surface area contributed by atoms with Gasteiger partial charge in [0.1, 0.15) is 12.4 Å². The normalized spacial score (nSPS) is 20.3. The highest BCUT2D eigenvalue weighted by Gasteiger charge is 2.44. The number of hydrogen-bond donors (Lipinski definition) is 3. The van der Waals surface area contributed by atoms with Gasteiger partial charge in [-0.15, -0.1) is 5.10 Å². The van der Waals surface area contributed by atoms with Gasteiger partial charge in [0.05, 0.1) is 23.5 Å². The average Bonchev–Trinajstić information content (AvgIpc) is 3.63. The molecule has 2 saturated heterocycles. The van der Waals surface area contributed by atoms with Gasteiger partial charge in [0.2, 0.25) is 11.8 Å². The predicted molar refractivity (Wildman–Crippen MR) is 175 cm³/mol. The summed E-state index contributed by atoms with van der Waals surface area (Å²) in [5.41, 5.74) is 2.66. The van der Waals surface area contributed by atoms with E-state index in [2.05, 4.69) is 26.2 Å². The molecule has 2 aliphatic rings. The zero-order chi connectivity index (χ0) is 32.8. The molecule has 2 fully saturated rings. The fourth-order valence-corrected chi connectivity index (χ4v) is 6.40. The van der Waals surface area contributed by atoms with Crippen molar-refractivity contribution >= 4 is 41.1 Å². The molecule has 0 radical (unpaired) electrons. The Hall–Kier alpha value is -4.91. The largest absolute Gasteiger partial charge is 0.478 e. The number of carbonyl (C=O) groups is 3. The van der Waals surface area contributed by atoms with E-state index in [1.165, 1.54) is 41.4 Å². The first kappa shape index (κ1) is 32.0. The predicted octanol–water partition coefficient (Wildman–Crippen LogP) is 4.19. The summed E-state index contributed by atoms with van der Waals surface area (Å²) in [4.78, 5) is 41.3. The average molecular weight is 656 g/mol. The second-order valence-corrected chi connectivity index (χ2v) is 12.0. The molecule has 242 valence electrons. The number of hydrogen-bond acceptors (Lipinski definition) is 8. The van der Waals surface area contributed by atoms with E-state index in [1.807, 2.05) is 30.3 Å². The van der Waals surface area contributed by atoms with Gasteiger partial charge in [-0.2, -0.15) is 4.68 Å². The van der Waals surface area contributed by atoms with Crippen LogP contribution in [-0.2, 0) is 14.3 Å². The van der Waals surface area contributed by atoms with Crippen molar-refractivity contribution in [3.05, 3.63) is 107 Å². The number of carbonyl (C=O) groups excluding carboxylic acids is 2. The standard InChI is InChI=1S/C34H34ClN7O5/c35-25-9-12-30(42-21-37-39-40-42)24(18-25)8-13-31(43)41-20-28(47-27-14-16-36-17-15-27)19-29(22-4-2-1-3-5-22)32(41)33(44)38-26-10-6-23(7-11-26)34(45)46/h1-13,18,21,27-29,32,36H,14-17,19-20H2,(H,38,44)(H,45,46). The molecule has 3 N–H and O–H groups in total. The number of ether oxygens (including phenoxy) is 1. The maximum absolute atomic E-state index is 14.2. The highest BCUT2D eigenvalue weighted by atomic mass is 35.5. The molecule has 47 heavy (non-hydrogen) atoms. The molecule has 1 aromatic heterocycles. The maximum atomic E-state index is 14.2. The van der Waals surface area contributed by atoms with Crippen molar-refractivity contribution in [2.24, 2.45) is 0 Å². The zero-order valence-corrected chi connectivity index (χ0v) is 26.2. The third-order valence-corrected chi connectivity index (χ3v) is 8.71. The summed E-state index contributed by atoms with van der Waals surface area (Å²) < 4.78 is 8.08. The molecule has 0 bridgehead atoms. The van der Waals surface area contributed by atoms with Crippen molar-refractivity contribution in [1.29, 1.82) is 0 Å². The first-order chi connectivity index (χ1) is 22.9. The lowest BCUT2D eigenvalue weighted by atomic mass is 9.81. The highest BCUT2D eigenvalue weighted by molar-refractivity contribution is 6.30. The first-order valence-corrected chi connectivity index (χ1v) is 15.8. The third kappa shape index (κ3) is 7.74. The Balaban J connectivity index is 1.34. The van der Waals surface area contributed by atoms with Crippen molar-refractivity contribution in [3.8, 4) is 5.69 Å². The Kier molecular flexibility index (Phi) is 10.0. The SMILES string of the molecule is O=C(O)c1ccc(NC(=O)C2C(c3ccccc3)CC(OC3CCNCC3)CN2C(=O)C=Cc2cc(Cl)ccc2-n2cnnn2)cc1. The lowest BCUT2D eigenvalue weighted by Crippen LogP contribution is -2.57. The Labute approximate surface area is 276 Å². The molecular weight excluding hydrogens is 622 g/mol. The second kappa shape index (κ2) is 14.7. The van der Waals surface area contributed by atoms with E-state index in [9.17, 15) is 19.5 Å². The Bertz CT molecular complexity index is 1730. The summed E-state index contributed by atoms with van der Waals surface area (Å²) in [5.74, 6) is -2.21. The van der Waals surface area contributed by atoms with Crippen LogP contribution in [0.25, 0.3) is 11.8 Å². The van der Waals surface area contributed by atoms with Gasteiger partial charge in [0, 0.05) is 34.8 Å². The van der Waals surface area contributed by atoms with Gasteiger partial charge in [-0.1, -0.05) is 41.9 Å². The van der Waals surface area contributed by atoms with E-state index in [0.29, 0.717) is 28.4 Å². The molecule has 3 unspecified atom stereocenters. The van der Waals surface area contributed by atoms with Crippen molar-refractivity contribution in [2.45, 2.75) is 43.4 Å². The molecule has 3 aromatic carbocycles. The minimum Gasteiger partial charge on any atom is -0.478 e. The number of amides is 2. The number of nitrogens with one attached hydrogen (secondary N) is 2. The van der Waals surface area contributed by atoms with E-state index in [-0.39, 0.29) is 42.0 Å². The number of nitrogens with zero attached hydrogens (tertiary/aromatic N) is 5. The summed E-state index contributed by atoms with van der Waals surface area (Å²) in [6.07, 6.45) is 6.53. The first-order valence-electron chi connectivity index (χ1n) is 15.4. The molecule has 0 aliphatic carbocycles. The summed E-state index contributed by atoms with van der Waals surface area (Å²) in [7, 11) is 0. The monoisotopic (exact) mass is 655 g/mol. The number of rotatable bonds is 9. The Morgan fingerprint density at radius 1 is 1.00 bits per heavy atom. The fourth-order valence-electron chi connectivity index (χ4n) is 6.22. The van der Waals surface area contributed by atoms with E-state index < -0.39 is 12.0 Å². The van der Waals surface area contributed by atoms with Crippen LogP contribution in [0.15, 0.2) is 85.2 Å². The van der Waals surface area contributed by atoms with Gasteiger partial charge < -0.3 is 25.4 Å². The quantitative estimate of drug-likeness (QED) is 0.226. The van der Waals surface area contributed by atoms with Crippen LogP contribution >= 0.6 is 11.6 Å². The molecular formula is C34H34ClN7O5. The maximum Gasteiger partial charge on any atom is 0.335 e. The van der Waals surface area contributed by atoms with E-state index in [0.717, 1.165) is 31.5 Å². The molecule has 3 atom stereocenters. The number of tetrazole rings is 1. The summed E-state index contributed by atoms with van der Waals surface area (Å²) in [5, 5.41) is 27.4. The van der Waals surface area contributed by atoms with Gasteiger partial charge in [-0.25, -0.2) is 4.79 Å². The minimum atomic E-state index is -1.06. The number of carboxylic acids is 1. The Morgan fingerprint density at radius 2 is 1.77 bits per heavy atom. The molecule has 12 nitrogen and oxygen atoms in total. The molecule has 2 amide bonds. The molecule has 13 heteroatoms. The van der Waals surface area contributed by atoms with Gasteiger partial charge in [-0.05, 0) is 96.9 Å². The van der Waals surface area contributed by atoms with Crippen LogP contribution in [0.2, 0.25) is 5.02 Å². The van der Waals surface area contributed by atoms with Crippen LogP contribution in [0.4, 0.5) is 5.69 Å². The number of carboxylic acid groups (broad SMARTS) is 1. The van der Waals surface area contributed by atoms with Gasteiger partial charge in [0.25, 0.3) is 0 Å². The van der Waals surface area contributed by atoms with Gasteiger partial charge in [0.15, 0.2) is 0 Å². The van der Waals surface area contributed by atoms with Crippen LogP contribution in [-0.4, -0.2) is 85.9 Å². The van der Waals surface area contributed by atoms with Gasteiger partial charge >= 0.3 is 5.97 Å². The number of aromatic nitrogens is 4. The number of piperidine rings is 2. The number of halogens is 1. The van der Waals surface area contributed by atoms with E-state index in [1.54, 1.807) is 29.2 Å². The smallest absolute Gasteiger partial charge is 0.335 e. The molecule has 3 heterocycles. The topological polar surface area (TPSA) is 152 Å². The fraction of sp³-hybridized carbons (Fsp3) is 0.294. The minimum absolute atomic E-state index is 0.0496. The van der Waals surface area contributed by atoms with Crippen molar-refractivity contribution in [1.82, 2.24) is 30.4 Å². The Morgan fingerprint density at radius 3 is 2.47 bits per heavy atom. The lowest BCUT2D eigenvalue weighted by Gasteiger charge is -2.44. The summed E-state index contributed by atoms with van der Waals surface area (Å²) >= 11 is 6.31. The third-order valence-electron chi connectivity index (χ3n) is 8.47. The van der Waals surface area contributed by atoms with Crippen LogP contribution in [0.5, 0.6) is 0 Å². The second-order valence-electron chi connectivity index (χ2n) is 11.6. The molecule has 0 saturated carbocycles. The van der Waals surface area contributed by atoms with Crippen molar-refractivity contribution in [3.63, 3.8) is 0 Å². The number of benzene rings is 3. The number of likely N-dealkylation sites (tertiary alicyclic amines) is 1. The summed E-state index contributed by atoms with van der Waals surface area (Å²) in [6.45, 7) is 1.93. The molecule has 6 rings (SSSR count). The molecule has 4 aromatic rings. The van der Waals surface area contributed by atoms with Crippen molar-refractivity contribution < 1.29 is 24.2 Å². The van der Waals surface area contributed by atoms with Crippen LogP contribution < -0.4 is 10.6 Å². The van der Waals surface area contributed by atoms with Crippen molar-refractivity contribution in [2.75, 3.05) is 25.0 Å². The zero-order valence-electron chi connectivity index (χ0n) is 25.4. The van der Waals surface area contributed by atoms with Crippen LogP contribution in [0.3, 0.4) is 0 Å². The van der Waals surface area contributed by atoms with Gasteiger partial charge in [-0.3, -0.25) is 9.59 Å². The highest BCUT2D eigenvalue weighted by Crippen LogP contribution is 2.36. The van der Waals surface area contributed by atoms with Crippen LogP contribution in [0.1, 0.15) is 46.7 Å². The molecule has 2 aliphatic heterocycles. The number of anilines is 1. The summed E-state index contributed by atoms with van der Waals surface area (Å²) in [6, 6.07) is 19.9. The van der Waals surface area contributed by atoms with Crippen LogP contribution in [0, 0.1) is 0 Å². The van der Waals surface area contributed by atoms with E-state index >= 15 is 0 Å². The van der Waals surface area contributed by atoms with E-state index in [4.69, 9.17) is 16.3 Å². The lowest BCUT2D eigenvalue weighted by molar-refractivity contribution is -0.145. The molecule has 0 spiro atoms. The number of aromatic carboxylic acids is 1.